The number of nitrogens with two attached hydrogens (primary N) is 1. The van der Waals surface area contributed by atoms with E-state index in [0.717, 1.165) is 25.1 Å². The molecule has 0 saturated carbocycles. The lowest BCUT2D eigenvalue weighted by atomic mass is 9.97. The summed E-state index contributed by atoms with van der Waals surface area (Å²) in [5.41, 5.74) is 7.87. The molecule has 2 aliphatic heterocycles. The molecule has 1 aromatic carbocycles. The minimum atomic E-state index is -0.387. The number of piperidine rings is 1. The fourth-order valence-electron chi connectivity index (χ4n) is 3.55. The van der Waals surface area contributed by atoms with Gasteiger partial charge < -0.3 is 20.7 Å². The number of methoxy groups -OCH3 is 1. The molecule has 5 heteroatoms. The highest BCUT2D eigenvalue weighted by molar-refractivity contribution is 5.98. The second-order valence-corrected chi connectivity index (χ2v) is 5.96. The maximum absolute atomic E-state index is 11.7. The number of esters is 1. The van der Waals surface area contributed by atoms with Gasteiger partial charge in [0.05, 0.1) is 24.0 Å². The first-order valence-corrected chi connectivity index (χ1v) is 7.66. The number of hydrogen-bond donors (Lipinski definition) is 2. The summed E-state index contributed by atoms with van der Waals surface area (Å²) < 4.78 is 4.77. The lowest BCUT2D eigenvalue weighted by Gasteiger charge is -2.35. The average Bonchev–Trinajstić information content (AvgIpc) is 2.96. The van der Waals surface area contributed by atoms with Crippen LogP contribution in [0.1, 0.15) is 36.0 Å². The summed E-state index contributed by atoms with van der Waals surface area (Å²) >= 11 is 0. The van der Waals surface area contributed by atoms with Gasteiger partial charge in [0.1, 0.15) is 0 Å². The molecule has 0 radical (unpaired) electrons. The zero-order valence-corrected chi connectivity index (χ0v) is 12.5. The number of nitrogens with one attached hydrogen (secondary N) is 1. The van der Waals surface area contributed by atoms with Crippen molar-refractivity contribution >= 4 is 17.3 Å². The van der Waals surface area contributed by atoms with Crippen molar-refractivity contribution in [3.05, 3.63) is 23.8 Å². The van der Waals surface area contributed by atoms with E-state index in [4.69, 9.17) is 10.5 Å². The van der Waals surface area contributed by atoms with Crippen LogP contribution in [0.15, 0.2) is 18.2 Å². The van der Waals surface area contributed by atoms with Crippen molar-refractivity contribution in [3.63, 3.8) is 0 Å². The fourth-order valence-corrected chi connectivity index (χ4v) is 3.55. The van der Waals surface area contributed by atoms with Gasteiger partial charge in [-0.1, -0.05) is 6.07 Å². The van der Waals surface area contributed by atoms with Crippen LogP contribution in [0, 0.1) is 0 Å². The summed E-state index contributed by atoms with van der Waals surface area (Å²) in [7, 11) is 1.37. The Morgan fingerprint density at radius 3 is 3.05 bits per heavy atom. The van der Waals surface area contributed by atoms with E-state index in [2.05, 4.69) is 10.2 Å². The third kappa shape index (κ3) is 2.83. The van der Waals surface area contributed by atoms with Crippen LogP contribution in [0.4, 0.5) is 11.4 Å². The Bertz CT molecular complexity index is 532. The number of nitrogens with zero attached hydrogens (tertiary/aromatic N) is 1. The molecule has 2 atom stereocenters. The summed E-state index contributed by atoms with van der Waals surface area (Å²) in [6.45, 7) is 2.40. The first kappa shape index (κ1) is 14.2. The molecular weight excluding hydrogens is 266 g/mol. The first-order chi connectivity index (χ1) is 10.2. The smallest absolute Gasteiger partial charge is 0.340 e. The number of carbonyl (C=O) groups is 1. The third-order valence-corrected chi connectivity index (χ3v) is 4.69. The Labute approximate surface area is 125 Å². The van der Waals surface area contributed by atoms with E-state index in [9.17, 15) is 4.79 Å². The number of para-hydroxylation sites is 1. The quantitative estimate of drug-likeness (QED) is 0.659. The Morgan fingerprint density at radius 2 is 2.24 bits per heavy atom. The molecule has 3 rings (SSSR count). The number of fused-ring (bicyclic) bond motifs is 1. The van der Waals surface area contributed by atoms with Gasteiger partial charge in [0.25, 0.3) is 0 Å². The molecule has 2 aliphatic rings. The van der Waals surface area contributed by atoms with Gasteiger partial charge in [-0.05, 0) is 44.4 Å². The summed E-state index contributed by atoms with van der Waals surface area (Å²) in [6, 6.07) is 6.62. The topological polar surface area (TPSA) is 67.6 Å². The number of ether oxygens (including phenoxy) is 1. The molecule has 3 N–H and O–H groups in total. The highest BCUT2D eigenvalue weighted by Crippen LogP contribution is 2.30. The van der Waals surface area contributed by atoms with Gasteiger partial charge in [-0.2, -0.15) is 0 Å². The van der Waals surface area contributed by atoms with Crippen LogP contribution in [-0.4, -0.2) is 43.2 Å². The maximum atomic E-state index is 11.7. The molecule has 5 nitrogen and oxygen atoms in total. The van der Waals surface area contributed by atoms with E-state index in [0.29, 0.717) is 23.3 Å². The predicted octanol–water partition coefficient (Wildman–Crippen LogP) is 2.09. The molecule has 2 unspecified atom stereocenters. The molecule has 0 bridgehead atoms. The van der Waals surface area contributed by atoms with E-state index in [1.807, 2.05) is 12.1 Å². The number of rotatable bonds is 3. The summed E-state index contributed by atoms with van der Waals surface area (Å²) in [5, 5.41) is 3.52. The van der Waals surface area contributed by atoms with Crippen molar-refractivity contribution in [2.24, 2.45) is 0 Å². The van der Waals surface area contributed by atoms with Gasteiger partial charge in [-0.15, -0.1) is 0 Å². The van der Waals surface area contributed by atoms with E-state index in [1.54, 1.807) is 6.07 Å². The monoisotopic (exact) mass is 289 g/mol. The number of hydrogen-bond acceptors (Lipinski definition) is 5. The summed E-state index contributed by atoms with van der Waals surface area (Å²) in [6.07, 6.45) is 4.90. The number of anilines is 2. The Kier molecular flexibility index (Phi) is 4.01. The molecule has 2 saturated heterocycles. The van der Waals surface area contributed by atoms with Crippen LogP contribution in [0.3, 0.4) is 0 Å². The second-order valence-electron chi connectivity index (χ2n) is 5.96. The Morgan fingerprint density at radius 1 is 1.38 bits per heavy atom. The molecule has 1 aromatic rings. The molecule has 114 valence electrons. The molecule has 0 amide bonds. The fraction of sp³-hybridized carbons (Fsp3) is 0.562. The predicted molar refractivity (Wildman–Crippen MR) is 83.4 cm³/mol. The zero-order chi connectivity index (χ0) is 14.8. The minimum Gasteiger partial charge on any atom is -0.465 e. The SMILES string of the molecule is COC(=O)c1cccc(NC2CCN3CCCC3C2)c1N. The van der Waals surface area contributed by atoms with Gasteiger partial charge >= 0.3 is 5.97 Å². The van der Waals surface area contributed by atoms with Crippen molar-refractivity contribution < 1.29 is 9.53 Å². The average molecular weight is 289 g/mol. The Hall–Kier alpha value is -1.75. The standard InChI is InChI=1S/C16H23N3O2/c1-21-16(20)13-5-2-6-14(15(13)17)18-11-7-9-19-8-3-4-12(19)10-11/h2,5-6,11-12,18H,3-4,7-10,17H2,1H3. The van der Waals surface area contributed by atoms with Gasteiger partial charge in [-0.3, -0.25) is 0 Å². The van der Waals surface area contributed by atoms with E-state index in [-0.39, 0.29) is 5.97 Å². The number of carbonyl (C=O) groups excluding carboxylic acids is 1. The molecule has 2 heterocycles. The van der Waals surface area contributed by atoms with Gasteiger partial charge in [0, 0.05) is 18.6 Å². The van der Waals surface area contributed by atoms with Crippen LogP contribution in [0.2, 0.25) is 0 Å². The second kappa shape index (κ2) is 5.93. The van der Waals surface area contributed by atoms with Crippen molar-refractivity contribution in [1.82, 2.24) is 4.90 Å². The maximum Gasteiger partial charge on any atom is 0.340 e. The normalized spacial score (nSPS) is 25.4. The summed E-state index contributed by atoms with van der Waals surface area (Å²) in [4.78, 5) is 14.3. The number of benzene rings is 1. The van der Waals surface area contributed by atoms with E-state index < -0.39 is 0 Å². The lowest BCUT2D eigenvalue weighted by molar-refractivity contribution is 0.0602. The molecule has 0 spiro atoms. The van der Waals surface area contributed by atoms with Crippen molar-refractivity contribution in [2.75, 3.05) is 31.2 Å². The van der Waals surface area contributed by atoms with Crippen LogP contribution in [0.25, 0.3) is 0 Å². The van der Waals surface area contributed by atoms with Crippen molar-refractivity contribution in [3.8, 4) is 0 Å². The highest BCUT2D eigenvalue weighted by Gasteiger charge is 2.31. The lowest BCUT2D eigenvalue weighted by Crippen LogP contribution is -2.42. The van der Waals surface area contributed by atoms with Crippen LogP contribution < -0.4 is 11.1 Å². The van der Waals surface area contributed by atoms with Crippen LogP contribution >= 0.6 is 0 Å². The van der Waals surface area contributed by atoms with Gasteiger partial charge in [0.15, 0.2) is 0 Å². The third-order valence-electron chi connectivity index (χ3n) is 4.69. The highest BCUT2D eigenvalue weighted by atomic mass is 16.5. The Balaban J connectivity index is 1.71. The van der Waals surface area contributed by atoms with Crippen LogP contribution in [-0.2, 0) is 4.74 Å². The zero-order valence-electron chi connectivity index (χ0n) is 12.5. The van der Waals surface area contributed by atoms with Crippen molar-refractivity contribution in [2.45, 2.75) is 37.8 Å². The molecular formula is C16H23N3O2. The number of nitrogen functional groups attached to an aromatic ring is 1. The first-order valence-electron chi connectivity index (χ1n) is 7.66. The van der Waals surface area contributed by atoms with Crippen LogP contribution in [0.5, 0.6) is 0 Å². The molecule has 0 aliphatic carbocycles. The molecule has 0 aromatic heterocycles. The van der Waals surface area contributed by atoms with E-state index in [1.165, 1.54) is 26.5 Å². The molecule has 21 heavy (non-hydrogen) atoms. The molecule has 2 fully saturated rings. The summed E-state index contributed by atoms with van der Waals surface area (Å²) in [5.74, 6) is -0.387. The van der Waals surface area contributed by atoms with Gasteiger partial charge in [-0.25, -0.2) is 4.79 Å². The van der Waals surface area contributed by atoms with Gasteiger partial charge in [0.2, 0.25) is 0 Å². The largest absolute Gasteiger partial charge is 0.465 e. The van der Waals surface area contributed by atoms with E-state index >= 15 is 0 Å². The minimum absolute atomic E-state index is 0.387. The van der Waals surface area contributed by atoms with Crippen molar-refractivity contribution in [1.29, 1.82) is 0 Å².